The molecule has 0 unspecified atom stereocenters. The van der Waals surface area contributed by atoms with Crippen molar-refractivity contribution in [2.45, 2.75) is 25.7 Å². The molecule has 3 aromatic rings. The van der Waals surface area contributed by atoms with Gasteiger partial charge in [-0.15, -0.1) is 0 Å². The minimum Gasteiger partial charge on any atom is -0.481 e. The Labute approximate surface area is 155 Å². The smallest absolute Gasteiger partial charge is 0.306 e. The zero-order valence-corrected chi connectivity index (χ0v) is 15.0. The van der Waals surface area contributed by atoms with Gasteiger partial charge in [0, 0.05) is 0 Å². The molecule has 2 nitrogen and oxygen atoms in total. The largest absolute Gasteiger partial charge is 0.481 e. The molecular weight excluding hydrogens is 320 g/mol. The molecule has 0 aliphatic rings. The van der Waals surface area contributed by atoms with E-state index in [9.17, 15) is 9.90 Å². The van der Waals surface area contributed by atoms with Crippen LogP contribution in [0.5, 0.6) is 0 Å². The second kappa shape index (κ2) is 8.48. The van der Waals surface area contributed by atoms with E-state index in [1.807, 2.05) is 48.5 Å². The highest BCUT2D eigenvalue weighted by Gasteiger charge is 2.21. The first-order valence-electron chi connectivity index (χ1n) is 9.05. The van der Waals surface area contributed by atoms with Gasteiger partial charge in [-0.25, -0.2) is 0 Å². The van der Waals surface area contributed by atoms with Crippen molar-refractivity contribution in [3.8, 4) is 11.1 Å². The maximum absolute atomic E-state index is 11.8. The molecule has 0 saturated heterocycles. The van der Waals surface area contributed by atoms with Gasteiger partial charge in [-0.05, 0) is 41.0 Å². The maximum atomic E-state index is 11.8. The van der Waals surface area contributed by atoms with Crippen molar-refractivity contribution < 1.29 is 9.90 Å². The third-order valence-corrected chi connectivity index (χ3v) is 4.90. The standard InChI is InChI=1S/C24H24O2/c1-18(20-8-4-2-5-9-20)16-23(24(25)26)17-19-12-14-22(15-13-19)21-10-6-3-7-11-21/h2-15,18,23H,16-17H2,1H3,(H,25,26)/t18-,23-/m1/s1. The summed E-state index contributed by atoms with van der Waals surface area (Å²) in [6.45, 7) is 2.10. The van der Waals surface area contributed by atoms with E-state index in [4.69, 9.17) is 0 Å². The van der Waals surface area contributed by atoms with Gasteiger partial charge in [-0.1, -0.05) is 91.9 Å². The number of carbonyl (C=O) groups is 1. The Morgan fingerprint density at radius 2 is 1.35 bits per heavy atom. The van der Waals surface area contributed by atoms with Crippen LogP contribution < -0.4 is 0 Å². The third kappa shape index (κ3) is 4.60. The topological polar surface area (TPSA) is 37.3 Å². The van der Waals surface area contributed by atoms with E-state index < -0.39 is 5.97 Å². The van der Waals surface area contributed by atoms with E-state index in [1.165, 1.54) is 11.1 Å². The van der Waals surface area contributed by atoms with Crippen molar-refractivity contribution in [2.75, 3.05) is 0 Å². The van der Waals surface area contributed by atoms with Crippen LogP contribution in [0.4, 0.5) is 0 Å². The fraction of sp³-hybridized carbons (Fsp3) is 0.208. The number of rotatable bonds is 7. The van der Waals surface area contributed by atoms with Crippen molar-refractivity contribution in [2.24, 2.45) is 5.92 Å². The third-order valence-electron chi connectivity index (χ3n) is 4.90. The summed E-state index contributed by atoms with van der Waals surface area (Å²) in [5.74, 6) is -0.881. The van der Waals surface area contributed by atoms with E-state index in [1.54, 1.807) is 0 Å². The SMILES string of the molecule is C[C@H](C[C@H](Cc1ccc(-c2ccccc2)cc1)C(=O)O)c1ccccc1. The number of carboxylic acid groups (broad SMARTS) is 1. The van der Waals surface area contributed by atoms with Crippen LogP contribution in [0.25, 0.3) is 11.1 Å². The quantitative estimate of drug-likeness (QED) is 0.589. The summed E-state index contributed by atoms with van der Waals surface area (Å²) < 4.78 is 0. The highest BCUT2D eigenvalue weighted by atomic mass is 16.4. The van der Waals surface area contributed by atoms with E-state index in [0.29, 0.717) is 12.8 Å². The Hall–Kier alpha value is -2.87. The first-order valence-corrected chi connectivity index (χ1v) is 9.05. The molecule has 0 fully saturated rings. The second-order valence-corrected chi connectivity index (χ2v) is 6.85. The van der Waals surface area contributed by atoms with E-state index in [0.717, 1.165) is 11.1 Å². The predicted molar refractivity (Wildman–Crippen MR) is 106 cm³/mol. The second-order valence-electron chi connectivity index (χ2n) is 6.85. The highest BCUT2D eigenvalue weighted by molar-refractivity contribution is 5.70. The first-order chi connectivity index (χ1) is 12.6. The molecule has 0 bridgehead atoms. The zero-order chi connectivity index (χ0) is 18.4. The molecule has 0 amide bonds. The monoisotopic (exact) mass is 344 g/mol. The number of carboxylic acids is 1. The van der Waals surface area contributed by atoms with Gasteiger partial charge in [0.2, 0.25) is 0 Å². The van der Waals surface area contributed by atoms with Gasteiger partial charge in [0.05, 0.1) is 5.92 Å². The van der Waals surface area contributed by atoms with Gasteiger partial charge in [0.1, 0.15) is 0 Å². The molecular formula is C24H24O2. The first kappa shape index (κ1) is 17.9. The molecule has 0 spiro atoms. The van der Waals surface area contributed by atoms with Crippen LogP contribution in [0.3, 0.4) is 0 Å². The molecule has 3 aromatic carbocycles. The summed E-state index contributed by atoms with van der Waals surface area (Å²) in [7, 11) is 0. The molecule has 1 N–H and O–H groups in total. The van der Waals surface area contributed by atoms with Gasteiger partial charge < -0.3 is 5.11 Å². The lowest BCUT2D eigenvalue weighted by atomic mass is 9.86. The van der Waals surface area contributed by atoms with Crippen LogP contribution in [0.2, 0.25) is 0 Å². The lowest BCUT2D eigenvalue weighted by Crippen LogP contribution is -2.19. The normalized spacial score (nSPS) is 13.1. The molecule has 0 aliphatic heterocycles. The van der Waals surface area contributed by atoms with Crippen LogP contribution in [0.15, 0.2) is 84.9 Å². The van der Waals surface area contributed by atoms with Gasteiger partial charge in [-0.2, -0.15) is 0 Å². The minimum atomic E-state index is -0.722. The minimum absolute atomic E-state index is 0.223. The number of hydrogen-bond acceptors (Lipinski definition) is 1. The Bertz CT molecular complexity index is 823. The van der Waals surface area contributed by atoms with Crippen molar-refractivity contribution in [1.82, 2.24) is 0 Å². The van der Waals surface area contributed by atoms with Crippen LogP contribution >= 0.6 is 0 Å². The van der Waals surface area contributed by atoms with Gasteiger partial charge in [0.25, 0.3) is 0 Å². The van der Waals surface area contributed by atoms with Crippen molar-refractivity contribution >= 4 is 5.97 Å². The number of benzene rings is 3. The molecule has 0 heterocycles. The van der Waals surface area contributed by atoms with E-state index in [2.05, 4.69) is 43.3 Å². The molecule has 0 aliphatic carbocycles. The average molecular weight is 344 g/mol. The molecule has 2 heteroatoms. The molecule has 3 rings (SSSR count). The number of hydrogen-bond donors (Lipinski definition) is 1. The fourth-order valence-corrected chi connectivity index (χ4v) is 3.36. The summed E-state index contributed by atoms with van der Waals surface area (Å²) in [6.07, 6.45) is 1.20. The summed E-state index contributed by atoms with van der Waals surface area (Å²) in [6, 6.07) is 28.6. The van der Waals surface area contributed by atoms with Gasteiger partial charge in [-0.3, -0.25) is 4.79 Å². The summed E-state index contributed by atoms with van der Waals surface area (Å²) in [5.41, 5.74) is 4.58. The molecule has 132 valence electrons. The lowest BCUT2D eigenvalue weighted by molar-refractivity contribution is -0.142. The molecule has 26 heavy (non-hydrogen) atoms. The van der Waals surface area contributed by atoms with Crippen molar-refractivity contribution in [1.29, 1.82) is 0 Å². The Balaban J connectivity index is 1.69. The van der Waals surface area contributed by atoms with Crippen LogP contribution in [0, 0.1) is 5.92 Å². The Kier molecular flexibility index (Phi) is 5.85. The fourth-order valence-electron chi connectivity index (χ4n) is 3.36. The maximum Gasteiger partial charge on any atom is 0.306 e. The van der Waals surface area contributed by atoms with Gasteiger partial charge in [0.15, 0.2) is 0 Å². The van der Waals surface area contributed by atoms with Crippen LogP contribution in [-0.4, -0.2) is 11.1 Å². The van der Waals surface area contributed by atoms with Crippen molar-refractivity contribution in [3.05, 3.63) is 96.1 Å². The molecule has 0 aromatic heterocycles. The molecule has 0 saturated carbocycles. The zero-order valence-electron chi connectivity index (χ0n) is 15.0. The highest BCUT2D eigenvalue weighted by Crippen LogP contribution is 2.27. The van der Waals surface area contributed by atoms with Crippen LogP contribution in [-0.2, 0) is 11.2 Å². The Morgan fingerprint density at radius 3 is 1.92 bits per heavy atom. The van der Waals surface area contributed by atoms with Gasteiger partial charge >= 0.3 is 5.97 Å². The number of aliphatic carboxylic acids is 1. The summed E-state index contributed by atoms with van der Waals surface area (Å²) >= 11 is 0. The van der Waals surface area contributed by atoms with E-state index >= 15 is 0 Å². The van der Waals surface area contributed by atoms with Crippen molar-refractivity contribution in [3.63, 3.8) is 0 Å². The molecule has 0 radical (unpaired) electrons. The lowest BCUT2D eigenvalue weighted by Gasteiger charge is -2.18. The summed E-state index contributed by atoms with van der Waals surface area (Å²) in [5, 5.41) is 9.66. The predicted octanol–water partition coefficient (Wildman–Crippen LogP) is 5.79. The summed E-state index contributed by atoms with van der Waals surface area (Å²) in [4.78, 5) is 11.8. The van der Waals surface area contributed by atoms with E-state index in [-0.39, 0.29) is 11.8 Å². The molecule has 2 atom stereocenters. The van der Waals surface area contributed by atoms with Crippen LogP contribution in [0.1, 0.15) is 30.4 Å². The average Bonchev–Trinajstić information content (AvgIpc) is 2.69. The Morgan fingerprint density at radius 1 is 0.808 bits per heavy atom.